The summed E-state index contributed by atoms with van der Waals surface area (Å²) in [5, 5.41) is 13.4. The van der Waals surface area contributed by atoms with E-state index in [4.69, 9.17) is 0 Å². The van der Waals surface area contributed by atoms with E-state index in [1.54, 1.807) is 12.3 Å². The van der Waals surface area contributed by atoms with Crippen LogP contribution in [0.25, 0.3) is 10.9 Å². The molecule has 0 fully saturated rings. The van der Waals surface area contributed by atoms with Crippen molar-refractivity contribution in [2.24, 2.45) is 0 Å². The quantitative estimate of drug-likeness (QED) is 0.759. The van der Waals surface area contributed by atoms with Gasteiger partial charge in [0.25, 0.3) is 0 Å². The van der Waals surface area contributed by atoms with E-state index in [-0.39, 0.29) is 5.82 Å². The van der Waals surface area contributed by atoms with Gasteiger partial charge in [0.05, 0.1) is 16.8 Å². The van der Waals surface area contributed by atoms with E-state index in [1.165, 1.54) is 12.1 Å². The Bertz CT molecular complexity index is 866. The summed E-state index contributed by atoms with van der Waals surface area (Å²) in [6, 6.07) is 14.2. The predicted octanol–water partition coefficient (Wildman–Crippen LogP) is 4.30. The second-order valence-corrected chi connectivity index (χ2v) is 4.76. The van der Waals surface area contributed by atoms with Crippen LogP contribution in [0.15, 0.2) is 48.7 Å². The molecular weight excluding hydrogens is 265 g/mol. The third-order valence-corrected chi connectivity index (χ3v) is 3.34. The molecule has 0 unspecified atom stereocenters. The molecule has 2 aromatic carbocycles. The lowest BCUT2D eigenvalue weighted by Crippen LogP contribution is -1.98. The summed E-state index contributed by atoms with van der Waals surface area (Å²) in [5.41, 5.74) is 3.50. The fourth-order valence-corrected chi connectivity index (χ4v) is 2.26. The van der Waals surface area contributed by atoms with Crippen LogP contribution in [0.5, 0.6) is 0 Å². The standard InChI is InChI=1S/C17H12FN3/c1-11-8-13(18)6-7-15(11)21-17-12(9-19)10-20-16-5-3-2-4-14(16)17/h2-8,10H,1H3,(H,20,21). The first-order valence-electron chi connectivity index (χ1n) is 6.50. The lowest BCUT2D eigenvalue weighted by atomic mass is 10.1. The van der Waals surface area contributed by atoms with E-state index in [2.05, 4.69) is 16.4 Å². The van der Waals surface area contributed by atoms with Crippen molar-refractivity contribution in [1.29, 1.82) is 5.26 Å². The van der Waals surface area contributed by atoms with Crippen molar-refractivity contribution >= 4 is 22.3 Å². The lowest BCUT2D eigenvalue weighted by molar-refractivity contribution is 0.627. The zero-order chi connectivity index (χ0) is 14.8. The summed E-state index contributed by atoms with van der Waals surface area (Å²) in [6.45, 7) is 1.82. The average molecular weight is 277 g/mol. The molecule has 0 radical (unpaired) electrons. The highest BCUT2D eigenvalue weighted by Crippen LogP contribution is 2.30. The van der Waals surface area contributed by atoms with Gasteiger partial charge >= 0.3 is 0 Å². The Morgan fingerprint density at radius 1 is 1.19 bits per heavy atom. The highest BCUT2D eigenvalue weighted by atomic mass is 19.1. The first-order valence-corrected chi connectivity index (χ1v) is 6.50. The van der Waals surface area contributed by atoms with Crippen LogP contribution in [0.2, 0.25) is 0 Å². The Balaban J connectivity index is 2.17. The van der Waals surface area contributed by atoms with E-state index in [0.29, 0.717) is 11.3 Å². The third kappa shape index (κ3) is 2.41. The molecule has 3 rings (SSSR count). The number of benzene rings is 2. The third-order valence-electron chi connectivity index (χ3n) is 3.34. The molecule has 0 spiro atoms. The molecule has 0 aliphatic carbocycles. The zero-order valence-electron chi connectivity index (χ0n) is 11.4. The van der Waals surface area contributed by atoms with Crippen LogP contribution in [0.1, 0.15) is 11.1 Å². The van der Waals surface area contributed by atoms with Crippen LogP contribution < -0.4 is 5.32 Å². The highest BCUT2D eigenvalue weighted by molar-refractivity contribution is 5.95. The number of pyridine rings is 1. The summed E-state index contributed by atoms with van der Waals surface area (Å²) in [6.07, 6.45) is 1.55. The number of aromatic nitrogens is 1. The van der Waals surface area contributed by atoms with Crippen molar-refractivity contribution in [3.63, 3.8) is 0 Å². The minimum Gasteiger partial charge on any atom is -0.354 e. The number of hydrogen-bond acceptors (Lipinski definition) is 3. The average Bonchev–Trinajstić information content (AvgIpc) is 2.50. The molecule has 3 nitrogen and oxygen atoms in total. The van der Waals surface area contributed by atoms with Gasteiger partial charge in [-0.15, -0.1) is 0 Å². The Morgan fingerprint density at radius 2 is 2.00 bits per heavy atom. The van der Waals surface area contributed by atoms with Crippen LogP contribution in [0.4, 0.5) is 15.8 Å². The molecule has 3 aromatic rings. The molecule has 1 heterocycles. The van der Waals surface area contributed by atoms with Crippen molar-refractivity contribution < 1.29 is 4.39 Å². The number of rotatable bonds is 2. The molecule has 0 aliphatic rings. The Hall–Kier alpha value is -2.93. The molecular formula is C17H12FN3. The first kappa shape index (κ1) is 13.1. The SMILES string of the molecule is Cc1cc(F)ccc1Nc1c(C#N)cnc2ccccc12. The minimum atomic E-state index is -0.279. The molecule has 0 saturated carbocycles. The van der Waals surface area contributed by atoms with Gasteiger partial charge in [0.15, 0.2) is 0 Å². The number of halogens is 1. The fourth-order valence-electron chi connectivity index (χ4n) is 2.26. The van der Waals surface area contributed by atoms with Crippen LogP contribution in [0.3, 0.4) is 0 Å². The number of nitrogens with one attached hydrogen (secondary N) is 1. The van der Waals surface area contributed by atoms with Crippen LogP contribution in [0, 0.1) is 24.1 Å². The highest BCUT2D eigenvalue weighted by Gasteiger charge is 2.10. The van der Waals surface area contributed by atoms with E-state index < -0.39 is 0 Å². The number of fused-ring (bicyclic) bond motifs is 1. The Morgan fingerprint density at radius 3 is 2.76 bits per heavy atom. The number of nitriles is 1. The molecule has 0 aliphatic heterocycles. The Kier molecular flexibility index (Phi) is 3.25. The predicted molar refractivity (Wildman–Crippen MR) is 80.9 cm³/mol. The van der Waals surface area contributed by atoms with Gasteiger partial charge in [0.1, 0.15) is 11.9 Å². The topological polar surface area (TPSA) is 48.7 Å². The van der Waals surface area contributed by atoms with Crippen molar-refractivity contribution in [2.75, 3.05) is 5.32 Å². The summed E-state index contributed by atoms with van der Waals surface area (Å²) in [4.78, 5) is 4.27. The molecule has 0 amide bonds. The van der Waals surface area contributed by atoms with Gasteiger partial charge in [0, 0.05) is 17.3 Å². The van der Waals surface area contributed by atoms with Gasteiger partial charge in [-0.3, -0.25) is 4.98 Å². The number of para-hydroxylation sites is 1. The van der Waals surface area contributed by atoms with Crippen molar-refractivity contribution in [3.8, 4) is 6.07 Å². The van der Waals surface area contributed by atoms with Gasteiger partial charge in [0.2, 0.25) is 0 Å². The van der Waals surface area contributed by atoms with Gasteiger partial charge in [-0.1, -0.05) is 18.2 Å². The number of hydrogen-bond donors (Lipinski definition) is 1. The monoisotopic (exact) mass is 277 g/mol. The molecule has 4 heteroatoms. The molecule has 1 aromatic heterocycles. The molecule has 0 bridgehead atoms. The van der Waals surface area contributed by atoms with E-state index >= 15 is 0 Å². The normalized spacial score (nSPS) is 10.3. The molecule has 0 atom stereocenters. The summed E-state index contributed by atoms with van der Waals surface area (Å²) in [5.74, 6) is -0.279. The van der Waals surface area contributed by atoms with Gasteiger partial charge in [-0.05, 0) is 36.8 Å². The van der Waals surface area contributed by atoms with Crippen molar-refractivity contribution in [3.05, 3.63) is 65.6 Å². The smallest absolute Gasteiger partial charge is 0.123 e. The van der Waals surface area contributed by atoms with E-state index in [9.17, 15) is 9.65 Å². The molecule has 21 heavy (non-hydrogen) atoms. The summed E-state index contributed by atoms with van der Waals surface area (Å²) < 4.78 is 13.2. The number of anilines is 2. The minimum absolute atomic E-state index is 0.279. The first-order chi connectivity index (χ1) is 10.2. The summed E-state index contributed by atoms with van der Waals surface area (Å²) in [7, 11) is 0. The maximum atomic E-state index is 13.2. The fraction of sp³-hybridized carbons (Fsp3) is 0.0588. The summed E-state index contributed by atoms with van der Waals surface area (Å²) >= 11 is 0. The molecule has 0 saturated heterocycles. The van der Waals surface area contributed by atoms with Gasteiger partial charge in [-0.2, -0.15) is 5.26 Å². The maximum absolute atomic E-state index is 13.2. The van der Waals surface area contributed by atoms with E-state index in [0.717, 1.165) is 22.2 Å². The van der Waals surface area contributed by atoms with E-state index in [1.807, 2.05) is 31.2 Å². The van der Waals surface area contributed by atoms with Crippen LogP contribution in [-0.2, 0) is 0 Å². The molecule has 102 valence electrons. The second-order valence-electron chi connectivity index (χ2n) is 4.76. The molecule has 1 N–H and O–H groups in total. The zero-order valence-corrected chi connectivity index (χ0v) is 11.4. The van der Waals surface area contributed by atoms with Crippen molar-refractivity contribution in [1.82, 2.24) is 4.98 Å². The van der Waals surface area contributed by atoms with Gasteiger partial charge in [-0.25, -0.2) is 4.39 Å². The van der Waals surface area contributed by atoms with Gasteiger partial charge < -0.3 is 5.32 Å². The second kappa shape index (κ2) is 5.22. The number of nitrogens with zero attached hydrogens (tertiary/aromatic N) is 2. The Labute approximate surface area is 121 Å². The maximum Gasteiger partial charge on any atom is 0.123 e. The van der Waals surface area contributed by atoms with Crippen LogP contribution >= 0.6 is 0 Å². The largest absolute Gasteiger partial charge is 0.354 e. The lowest BCUT2D eigenvalue weighted by Gasteiger charge is -2.13. The number of aryl methyl sites for hydroxylation is 1. The van der Waals surface area contributed by atoms with Crippen LogP contribution in [-0.4, -0.2) is 4.98 Å². The van der Waals surface area contributed by atoms with Crippen molar-refractivity contribution in [2.45, 2.75) is 6.92 Å².